The van der Waals surface area contributed by atoms with E-state index in [1.165, 1.54) is 11.1 Å². The van der Waals surface area contributed by atoms with Crippen molar-refractivity contribution in [3.63, 3.8) is 0 Å². The minimum Gasteiger partial charge on any atom is -0.355 e. The minimum absolute atomic E-state index is 0.203. The van der Waals surface area contributed by atoms with E-state index in [0.717, 1.165) is 17.1 Å². The van der Waals surface area contributed by atoms with Crippen molar-refractivity contribution in [3.05, 3.63) is 77.6 Å². The van der Waals surface area contributed by atoms with Crippen molar-refractivity contribution >= 4 is 11.5 Å². The van der Waals surface area contributed by atoms with Crippen molar-refractivity contribution in [1.29, 1.82) is 0 Å². The first-order valence-electron chi connectivity index (χ1n) is 7.18. The zero-order chi connectivity index (χ0) is 14.4. The van der Waals surface area contributed by atoms with Gasteiger partial charge in [-0.1, -0.05) is 42.5 Å². The lowest BCUT2D eigenvalue weighted by Crippen LogP contribution is -2.36. The van der Waals surface area contributed by atoms with Crippen LogP contribution in [0.1, 0.15) is 22.9 Å². The maximum absolute atomic E-state index is 4.92. The molecule has 0 aliphatic carbocycles. The summed E-state index contributed by atoms with van der Waals surface area (Å²) < 4.78 is 0. The Bertz CT molecular complexity index is 746. The summed E-state index contributed by atoms with van der Waals surface area (Å²) in [6.45, 7) is 2.16. The van der Waals surface area contributed by atoms with Crippen LogP contribution in [0.3, 0.4) is 0 Å². The Morgan fingerprint density at radius 2 is 1.76 bits per heavy atom. The van der Waals surface area contributed by atoms with Gasteiger partial charge in [0, 0.05) is 30.6 Å². The van der Waals surface area contributed by atoms with Crippen LogP contribution in [0.5, 0.6) is 0 Å². The van der Waals surface area contributed by atoms with Crippen LogP contribution in [0.15, 0.2) is 65.9 Å². The molecular formula is C18H17N3. The number of fused-ring (bicyclic) bond motifs is 3. The highest BCUT2D eigenvalue weighted by Gasteiger charge is 2.35. The summed E-state index contributed by atoms with van der Waals surface area (Å²) in [5.74, 6) is 1.01. The van der Waals surface area contributed by atoms with Gasteiger partial charge < -0.3 is 9.80 Å². The largest absolute Gasteiger partial charge is 0.355 e. The summed E-state index contributed by atoms with van der Waals surface area (Å²) in [6, 6.07) is 16.7. The van der Waals surface area contributed by atoms with Crippen molar-refractivity contribution in [2.75, 3.05) is 7.05 Å². The lowest BCUT2D eigenvalue weighted by Gasteiger charge is -2.36. The van der Waals surface area contributed by atoms with Crippen LogP contribution in [0.25, 0.3) is 0 Å². The SMILES string of the molecule is Cc1cccc2c1C1N(C)C=CN1C(c1ccccc1)=N2. The second-order valence-corrected chi connectivity index (χ2v) is 5.55. The molecule has 2 aliphatic heterocycles. The highest BCUT2D eigenvalue weighted by atomic mass is 15.4. The van der Waals surface area contributed by atoms with E-state index < -0.39 is 0 Å². The molecule has 1 unspecified atom stereocenters. The molecule has 21 heavy (non-hydrogen) atoms. The van der Waals surface area contributed by atoms with E-state index in [9.17, 15) is 0 Å². The topological polar surface area (TPSA) is 18.8 Å². The third kappa shape index (κ3) is 1.77. The fourth-order valence-corrected chi connectivity index (χ4v) is 3.14. The van der Waals surface area contributed by atoms with Crippen molar-refractivity contribution in [1.82, 2.24) is 9.80 Å². The molecule has 0 saturated carbocycles. The molecule has 3 heteroatoms. The number of nitrogens with zero attached hydrogens (tertiary/aromatic N) is 3. The summed E-state index contributed by atoms with van der Waals surface area (Å²) in [7, 11) is 2.12. The number of hydrogen-bond acceptors (Lipinski definition) is 3. The first-order valence-corrected chi connectivity index (χ1v) is 7.18. The first-order chi connectivity index (χ1) is 10.3. The van der Waals surface area contributed by atoms with E-state index in [2.05, 4.69) is 78.6 Å². The number of rotatable bonds is 1. The van der Waals surface area contributed by atoms with E-state index in [4.69, 9.17) is 4.99 Å². The van der Waals surface area contributed by atoms with Gasteiger partial charge >= 0.3 is 0 Å². The van der Waals surface area contributed by atoms with E-state index in [1.54, 1.807) is 0 Å². The van der Waals surface area contributed by atoms with E-state index in [0.29, 0.717) is 0 Å². The second kappa shape index (κ2) is 4.48. The molecule has 2 heterocycles. The molecule has 2 aliphatic rings. The molecular weight excluding hydrogens is 258 g/mol. The first kappa shape index (κ1) is 12.2. The monoisotopic (exact) mass is 275 g/mol. The summed E-state index contributed by atoms with van der Waals surface area (Å²) in [5, 5.41) is 0. The maximum Gasteiger partial charge on any atom is 0.142 e. The van der Waals surface area contributed by atoms with Gasteiger partial charge in [-0.15, -0.1) is 0 Å². The standard InChI is InChI=1S/C18H17N3/c1-13-7-6-10-15-16(13)18-20(2)11-12-21(18)17(19-15)14-8-4-3-5-9-14/h3-12,18H,1-2H3. The molecule has 0 N–H and O–H groups in total. The fraction of sp³-hybridized carbons (Fsp3) is 0.167. The third-order valence-electron chi connectivity index (χ3n) is 4.17. The molecule has 2 aromatic rings. The minimum atomic E-state index is 0.203. The van der Waals surface area contributed by atoms with Crippen LogP contribution in [0.2, 0.25) is 0 Å². The number of benzene rings is 2. The molecule has 1 atom stereocenters. The highest BCUT2D eigenvalue weighted by molar-refractivity contribution is 6.02. The third-order valence-corrected chi connectivity index (χ3v) is 4.17. The smallest absolute Gasteiger partial charge is 0.142 e. The molecule has 0 spiro atoms. The number of aryl methyl sites for hydroxylation is 1. The number of hydrogen-bond donors (Lipinski definition) is 0. The van der Waals surface area contributed by atoms with Gasteiger partial charge in [-0.25, -0.2) is 4.99 Å². The van der Waals surface area contributed by atoms with Gasteiger partial charge in [0.1, 0.15) is 12.0 Å². The number of amidine groups is 1. The van der Waals surface area contributed by atoms with Crippen LogP contribution in [0.4, 0.5) is 5.69 Å². The normalized spacial score (nSPS) is 19.3. The van der Waals surface area contributed by atoms with Gasteiger partial charge in [0.05, 0.1) is 5.69 Å². The van der Waals surface area contributed by atoms with Gasteiger partial charge in [-0.05, 0) is 18.6 Å². The van der Waals surface area contributed by atoms with Gasteiger partial charge in [0.15, 0.2) is 0 Å². The Morgan fingerprint density at radius 1 is 0.952 bits per heavy atom. The molecule has 2 aromatic carbocycles. The molecule has 104 valence electrons. The van der Waals surface area contributed by atoms with Crippen LogP contribution in [0, 0.1) is 6.92 Å². The van der Waals surface area contributed by atoms with Gasteiger partial charge in [0.2, 0.25) is 0 Å². The van der Waals surface area contributed by atoms with E-state index in [-0.39, 0.29) is 6.17 Å². The number of aliphatic imine (C=N–C) groups is 1. The highest BCUT2D eigenvalue weighted by Crippen LogP contribution is 2.42. The summed E-state index contributed by atoms with van der Waals surface area (Å²) in [6.07, 6.45) is 4.44. The average Bonchev–Trinajstić information content (AvgIpc) is 2.90. The Kier molecular flexibility index (Phi) is 2.61. The van der Waals surface area contributed by atoms with Crippen molar-refractivity contribution in [3.8, 4) is 0 Å². The average molecular weight is 275 g/mol. The Morgan fingerprint density at radius 3 is 2.57 bits per heavy atom. The predicted molar refractivity (Wildman–Crippen MR) is 85.3 cm³/mol. The molecule has 0 bridgehead atoms. The van der Waals surface area contributed by atoms with Crippen LogP contribution >= 0.6 is 0 Å². The maximum atomic E-state index is 4.92. The molecule has 0 saturated heterocycles. The summed E-state index contributed by atoms with van der Waals surface area (Å²) >= 11 is 0. The molecule has 4 rings (SSSR count). The fourth-order valence-electron chi connectivity index (χ4n) is 3.14. The second-order valence-electron chi connectivity index (χ2n) is 5.55. The Labute approximate surface area is 124 Å². The predicted octanol–water partition coefficient (Wildman–Crippen LogP) is 3.80. The van der Waals surface area contributed by atoms with E-state index >= 15 is 0 Å². The molecule has 0 fully saturated rings. The zero-order valence-corrected chi connectivity index (χ0v) is 12.2. The molecule has 3 nitrogen and oxygen atoms in total. The summed E-state index contributed by atoms with van der Waals surface area (Å²) in [5.41, 5.74) is 4.80. The lowest BCUT2D eigenvalue weighted by atomic mass is 10.00. The van der Waals surface area contributed by atoms with Crippen LogP contribution in [-0.4, -0.2) is 22.7 Å². The zero-order valence-electron chi connectivity index (χ0n) is 12.2. The quantitative estimate of drug-likeness (QED) is 0.788. The molecule has 0 aromatic heterocycles. The van der Waals surface area contributed by atoms with Crippen molar-refractivity contribution in [2.45, 2.75) is 13.1 Å². The van der Waals surface area contributed by atoms with Crippen LogP contribution < -0.4 is 0 Å². The molecule has 0 amide bonds. The van der Waals surface area contributed by atoms with Crippen molar-refractivity contribution in [2.24, 2.45) is 4.99 Å². The van der Waals surface area contributed by atoms with Crippen LogP contribution in [-0.2, 0) is 0 Å². The Balaban J connectivity index is 1.95. The van der Waals surface area contributed by atoms with Gasteiger partial charge in [0.25, 0.3) is 0 Å². The van der Waals surface area contributed by atoms with Crippen molar-refractivity contribution < 1.29 is 0 Å². The molecule has 0 radical (unpaired) electrons. The lowest BCUT2D eigenvalue weighted by molar-refractivity contribution is 0.245. The van der Waals surface area contributed by atoms with Gasteiger partial charge in [-0.2, -0.15) is 0 Å². The Hall–Kier alpha value is -2.55. The summed E-state index contributed by atoms with van der Waals surface area (Å²) in [4.78, 5) is 9.41. The van der Waals surface area contributed by atoms with E-state index in [1.807, 2.05) is 6.07 Å². The van der Waals surface area contributed by atoms with Gasteiger partial charge in [-0.3, -0.25) is 0 Å².